The van der Waals surface area contributed by atoms with Crippen molar-refractivity contribution >= 4 is 104 Å². The normalized spacial score (nSPS) is 15.0. The van der Waals surface area contributed by atoms with Gasteiger partial charge in [-0.2, -0.15) is 0 Å². The number of carbonyl (C=O) groups is 4. The maximum Gasteiger partial charge on any atom is 0.514 e. The van der Waals surface area contributed by atoms with Crippen molar-refractivity contribution in [3.05, 3.63) is 132 Å². The Hall–Kier alpha value is -8.55. The molecule has 4 aromatic rings. The molecule has 2 aliphatic heterocycles. The van der Waals surface area contributed by atoms with Crippen LogP contribution in [-0.2, 0) is 52.1 Å². The predicted molar refractivity (Wildman–Crippen MR) is 449 cm³/mol. The zero-order valence-electron chi connectivity index (χ0n) is 66.0. The second-order valence-electron chi connectivity index (χ2n) is 23.9. The molecule has 39 nitrogen and oxygen atoms in total. The summed E-state index contributed by atoms with van der Waals surface area (Å²) in [5, 5.41) is 70.7. The summed E-state index contributed by atoms with van der Waals surface area (Å²) < 4.78 is 68.5. The Morgan fingerprint density at radius 1 is 0.542 bits per heavy atom. The molecule has 4 heterocycles. The van der Waals surface area contributed by atoms with Gasteiger partial charge in [0, 0.05) is 118 Å². The Morgan fingerprint density at radius 2 is 0.917 bits per heavy atom. The van der Waals surface area contributed by atoms with Crippen LogP contribution in [0, 0.1) is 72.7 Å². The van der Waals surface area contributed by atoms with Crippen molar-refractivity contribution in [3.63, 3.8) is 0 Å². The number of non-ortho nitro benzene ring substituents is 2. The molecule has 0 aliphatic carbocycles. The van der Waals surface area contributed by atoms with Gasteiger partial charge < -0.3 is 103 Å². The van der Waals surface area contributed by atoms with Crippen LogP contribution in [0.25, 0.3) is 0 Å². The molecule has 6 rings (SSSR count). The molecule has 0 spiro atoms. The van der Waals surface area contributed by atoms with Gasteiger partial charge in [0.2, 0.25) is 0 Å². The van der Waals surface area contributed by atoms with Crippen molar-refractivity contribution in [2.45, 2.75) is 127 Å². The van der Waals surface area contributed by atoms with E-state index in [2.05, 4.69) is 69.7 Å². The van der Waals surface area contributed by atoms with Gasteiger partial charge in [0.05, 0.1) is 98.3 Å². The minimum atomic E-state index is -0.978. The first-order valence-corrected chi connectivity index (χ1v) is 40.4. The van der Waals surface area contributed by atoms with E-state index in [0.29, 0.717) is 88.6 Å². The highest BCUT2D eigenvalue weighted by molar-refractivity contribution is 14.1. The van der Waals surface area contributed by atoms with Crippen LogP contribution < -0.4 is 48.3 Å². The van der Waals surface area contributed by atoms with Gasteiger partial charge in [-0.1, -0.05) is 68.1 Å². The minimum Gasteiger partial charge on any atom is -0.436 e. The number of aliphatic hydroxyl groups is 5. The molecule has 0 radical (unpaired) electrons. The topological polar surface area (TPSA) is 536 Å². The summed E-state index contributed by atoms with van der Waals surface area (Å²) >= 11 is 23.5. The SMILES string of the molecule is C#CCO.C#CCOC(=O)NCCOCCOCCCCCCCl.C#CCOC(=O)Oc1ccc([N+](=O)[O-])cc1.NCCOCCOCCCCCCCl.O=C(Cl)Oc1ccc([N+](=O)[O-])cc1.O=C(NCCOCCOCCCCCCCl)OCC#Cc1cn([C@H]2CC(O)[C@@H](CO)O2)c(=O)[nH]c1=O.O=c1[nH]c(=O)n([C@H]2CC(O)[C@@H](CO)O2)cc1I. The molecule has 2 unspecified atom stereocenters. The van der Waals surface area contributed by atoms with Crippen molar-refractivity contribution in [3.8, 4) is 60.4 Å². The highest BCUT2D eigenvalue weighted by Crippen LogP contribution is 2.29. The van der Waals surface area contributed by atoms with E-state index < -0.39 is 99.6 Å². The van der Waals surface area contributed by atoms with Crippen molar-refractivity contribution < 1.29 is 116 Å². The van der Waals surface area contributed by atoms with E-state index in [-0.39, 0.29) is 80.9 Å². The van der Waals surface area contributed by atoms with E-state index in [4.69, 9.17) is 118 Å². The number of carbonyl (C=O) groups excluding carboxylic acids is 4. The van der Waals surface area contributed by atoms with Crippen LogP contribution in [0.5, 0.6) is 11.5 Å². The molecule has 2 aromatic carbocycles. The van der Waals surface area contributed by atoms with E-state index in [9.17, 15) is 73.9 Å². The number of alkyl carbamates (subject to hydrolysis) is 2. The molecule has 2 saturated heterocycles. The number of nitrogens with one attached hydrogen (secondary N) is 4. The third-order valence-corrected chi connectivity index (χ3v) is 16.5. The first-order valence-electron chi connectivity index (χ1n) is 37.4. The minimum absolute atomic E-state index is 0.0224. The van der Waals surface area contributed by atoms with Gasteiger partial charge in [-0.3, -0.25) is 48.9 Å². The first kappa shape index (κ1) is 111. The lowest BCUT2D eigenvalue weighted by Crippen LogP contribution is -2.33. The van der Waals surface area contributed by atoms with E-state index in [1.807, 2.05) is 5.92 Å². The number of ether oxygens (including phenoxy) is 13. The fourth-order valence-electron chi connectivity index (χ4n) is 9.05. The number of alkyl halides is 3. The van der Waals surface area contributed by atoms with Crippen molar-refractivity contribution in [2.75, 3.05) is 156 Å². The van der Waals surface area contributed by atoms with E-state index in [1.54, 1.807) is 22.6 Å². The number of aliphatic hydroxyl groups excluding tert-OH is 5. The first-order chi connectivity index (χ1) is 57.8. The van der Waals surface area contributed by atoms with Gasteiger partial charge in [-0.05, 0) is 85.4 Å². The second kappa shape index (κ2) is 74.3. The number of rotatable bonds is 46. The zero-order chi connectivity index (χ0) is 89.4. The Morgan fingerprint density at radius 3 is 1.29 bits per heavy atom. The lowest BCUT2D eigenvalue weighted by molar-refractivity contribution is -0.385. The molecule has 11 N–H and O–H groups in total. The molecule has 44 heteroatoms. The van der Waals surface area contributed by atoms with Crippen molar-refractivity contribution in [2.24, 2.45) is 5.73 Å². The molecule has 120 heavy (non-hydrogen) atoms. The average molecular weight is 1890 g/mol. The van der Waals surface area contributed by atoms with Crippen LogP contribution in [0.15, 0.2) is 80.1 Å². The van der Waals surface area contributed by atoms with Gasteiger partial charge in [0.1, 0.15) is 48.3 Å². The average Bonchev–Trinajstić information content (AvgIpc) is 1.65. The van der Waals surface area contributed by atoms with E-state index in [0.717, 1.165) is 93.7 Å². The van der Waals surface area contributed by atoms with Gasteiger partial charge in [0.25, 0.3) is 22.5 Å². The molecule has 2 aromatic heterocycles. The number of nitro groups is 2. The number of hydrogen-bond acceptors (Lipinski definition) is 31. The summed E-state index contributed by atoms with van der Waals surface area (Å²) in [6, 6.07) is 10.0. The van der Waals surface area contributed by atoms with Gasteiger partial charge in [-0.15, -0.1) is 54.1 Å². The van der Waals surface area contributed by atoms with Gasteiger partial charge in [-0.25, -0.2) is 28.8 Å². The van der Waals surface area contributed by atoms with Crippen LogP contribution >= 0.6 is 69.0 Å². The largest absolute Gasteiger partial charge is 0.514 e. The summed E-state index contributed by atoms with van der Waals surface area (Å²) in [6.45, 7) is 6.78. The van der Waals surface area contributed by atoms with Gasteiger partial charge >= 0.3 is 35.1 Å². The summed E-state index contributed by atoms with van der Waals surface area (Å²) in [5.74, 6) is 13.9. The quantitative estimate of drug-likeness (QED) is 0.00215. The molecule has 670 valence electrons. The van der Waals surface area contributed by atoms with Crippen LogP contribution in [0.1, 0.15) is 108 Å². The van der Waals surface area contributed by atoms with E-state index >= 15 is 0 Å². The molecule has 0 bridgehead atoms. The molecule has 2 aliphatic rings. The molecular formula is C76H106Cl4IN9O30. The monoisotopic (exact) mass is 1890 g/mol. The van der Waals surface area contributed by atoms with Crippen molar-refractivity contribution in [1.29, 1.82) is 0 Å². The van der Waals surface area contributed by atoms with E-state index in [1.165, 1.54) is 78.3 Å². The lowest BCUT2D eigenvalue weighted by atomic mass is 10.2. The maximum absolute atomic E-state index is 12.1. The number of nitro benzene ring substituents is 2. The fourth-order valence-corrected chi connectivity index (χ4v) is 10.1. The summed E-state index contributed by atoms with van der Waals surface area (Å²) in [5.41, 5.74) is 1.58. The number of hydrogen-bond donors (Lipinski definition) is 10. The summed E-state index contributed by atoms with van der Waals surface area (Å²) in [6.07, 6.45) is 23.5. The van der Waals surface area contributed by atoms with Crippen LogP contribution in [0.3, 0.4) is 0 Å². The Bertz CT molecular complexity index is 3920. The zero-order valence-corrected chi connectivity index (χ0v) is 71.2. The summed E-state index contributed by atoms with van der Waals surface area (Å²) in [7, 11) is 0. The number of nitrogens with zero attached hydrogens (tertiary/aromatic N) is 4. The predicted octanol–water partition coefficient (Wildman–Crippen LogP) is 6.51. The standard InChI is InChI=1S/C23H34ClN3O9.C14H24ClNO4.C10H22ClNO2.C10H7NO5.C9H11IN2O5.C7H4ClNO4.C3H4O/c24-7-3-1-2-4-9-33-12-13-34-11-8-25-23(32)35-10-5-6-17-15-27(22(31)26-21(17)30)20-14-18(29)19(16-28)36-20;1-2-9-20-14(17)16-8-11-19-13-12-18-10-6-4-3-5-7-15;11-5-3-1-2-4-7-13-9-10-14-8-6-12;1-2-7-15-10(12)16-9-5-3-8(4-6-9)11(13)14;10-4-2-12(9(16)11-8(4)15)7-1-5(14)6(3-13)17-7;8-7(10)13-6-3-1-5(2-4-6)9(11)12;1-2-3-4/h15,18-20,28-29H,1-4,7-14,16H2,(H,25,32)(H,26,30,31);1H,3-13H2,(H,16,17);1-10,12H2;1,3-6H,7H2;2,5-7,13-14H,1,3H2,(H,11,15,16);1-4H;1,4H,3H2/t18?,19-,20-;;;;5?,6-,7-;;/m1...1../s1. The van der Waals surface area contributed by atoms with Crippen LogP contribution in [-0.4, -0.2) is 259 Å². The maximum atomic E-state index is 12.1. The number of halogens is 5. The highest BCUT2D eigenvalue weighted by Gasteiger charge is 2.36. The second-order valence-corrected chi connectivity index (χ2v) is 26.5. The number of aromatic amines is 2. The Balaban J connectivity index is 0.00000146. The Labute approximate surface area is 726 Å². The number of aromatic nitrogens is 4. The number of unbranched alkanes of at least 4 members (excludes halogenated alkanes) is 9. The number of H-pyrrole nitrogens is 2. The number of benzene rings is 2. The number of amides is 2. The molecule has 0 saturated carbocycles. The van der Waals surface area contributed by atoms with Gasteiger partial charge in [0.15, 0.2) is 19.8 Å². The summed E-state index contributed by atoms with van der Waals surface area (Å²) in [4.78, 5) is 114. The molecular weight excluding hydrogens is 1790 g/mol. The Kier molecular flexibility index (Phi) is 69.0. The lowest BCUT2D eigenvalue weighted by Gasteiger charge is -2.14. The number of nitrogens with two attached hydrogens (primary N) is 1. The van der Waals surface area contributed by atoms with Crippen molar-refractivity contribution in [1.82, 2.24) is 29.7 Å². The molecule has 2 amide bonds. The third kappa shape index (κ3) is 56.9. The smallest absolute Gasteiger partial charge is 0.436 e. The number of terminal acetylenes is 3. The third-order valence-electron chi connectivity index (χ3n) is 14.9. The molecule has 2 fully saturated rings. The van der Waals surface area contributed by atoms with Crippen LogP contribution in [0.4, 0.5) is 30.6 Å². The highest BCUT2D eigenvalue weighted by atomic mass is 127. The molecule has 6 atom stereocenters. The van der Waals surface area contributed by atoms with Crippen LogP contribution in [0.2, 0.25) is 0 Å². The fraction of sp³-hybridized carbons (Fsp3) is 0.579.